The molecule has 0 aliphatic rings. The number of amides is 2. The quantitative estimate of drug-likeness (QED) is 0.251. The van der Waals surface area contributed by atoms with Crippen molar-refractivity contribution in [3.63, 3.8) is 0 Å². The fourth-order valence-electron chi connectivity index (χ4n) is 4.01. The zero-order valence-corrected chi connectivity index (χ0v) is 26.1. The standard InChI is InChI=1S/C30H34Cl2FN3O5S/c1-5-41-25-11-13-26(14-12-25)42(39,40)36(24-9-7-23(33)8-10-24)19-29(37)35(21(4)30(38)34-17-20(2)3)18-22-6-15-27(31)28(32)16-22/h6-16,20-21H,5,17-19H2,1-4H3,(H,34,38)/t21-/m1/s1. The minimum Gasteiger partial charge on any atom is -0.494 e. The normalized spacial score (nSPS) is 12.1. The highest BCUT2D eigenvalue weighted by atomic mass is 35.5. The van der Waals surface area contributed by atoms with Crippen LogP contribution >= 0.6 is 23.2 Å². The SMILES string of the molecule is CCOc1ccc(S(=O)(=O)N(CC(=O)N(Cc2ccc(Cl)c(Cl)c2)[C@H](C)C(=O)NCC(C)C)c2ccc(F)cc2)cc1. The molecule has 0 radical (unpaired) electrons. The lowest BCUT2D eigenvalue weighted by Crippen LogP contribution is -2.51. The molecule has 0 aliphatic carbocycles. The fraction of sp³-hybridized carbons (Fsp3) is 0.333. The van der Waals surface area contributed by atoms with Crippen LogP contribution < -0.4 is 14.4 Å². The first-order chi connectivity index (χ1) is 19.8. The first-order valence-corrected chi connectivity index (χ1v) is 15.5. The molecule has 0 saturated carbocycles. The van der Waals surface area contributed by atoms with E-state index in [0.29, 0.717) is 29.5 Å². The van der Waals surface area contributed by atoms with E-state index in [1.165, 1.54) is 41.3 Å². The molecule has 2 amide bonds. The van der Waals surface area contributed by atoms with Crippen LogP contribution in [0.3, 0.4) is 0 Å². The number of hydrogen-bond acceptors (Lipinski definition) is 5. The number of benzene rings is 3. The van der Waals surface area contributed by atoms with Gasteiger partial charge in [-0.15, -0.1) is 0 Å². The Morgan fingerprint density at radius 2 is 1.60 bits per heavy atom. The molecule has 0 unspecified atom stereocenters. The van der Waals surface area contributed by atoms with Gasteiger partial charge in [0, 0.05) is 13.1 Å². The molecular weight excluding hydrogens is 604 g/mol. The van der Waals surface area contributed by atoms with E-state index >= 15 is 0 Å². The van der Waals surface area contributed by atoms with Crippen molar-refractivity contribution in [1.29, 1.82) is 0 Å². The maximum atomic E-state index is 13.9. The lowest BCUT2D eigenvalue weighted by Gasteiger charge is -2.32. The Morgan fingerprint density at radius 3 is 2.17 bits per heavy atom. The van der Waals surface area contributed by atoms with Gasteiger partial charge in [-0.3, -0.25) is 13.9 Å². The predicted octanol–water partition coefficient (Wildman–Crippen LogP) is 5.92. The van der Waals surface area contributed by atoms with Gasteiger partial charge < -0.3 is 15.0 Å². The van der Waals surface area contributed by atoms with Gasteiger partial charge in [0.2, 0.25) is 11.8 Å². The van der Waals surface area contributed by atoms with Crippen molar-refractivity contribution in [1.82, 2.24) is 10.2 Å². The van der Waals surface area contributed by atoms with Crippen LogP contribution in [0, 0.1) is 11.7 Å². The summed E-state index contributed by atoms with van der Waals surface area (Å²) in [5.74, 6) is -0.976. The maximum Gasteiger partial charge on any atom is 0.264 e. The number of carbonyl (C=O) groups is 2. The molecular formula is C30H34Cl2FN3O5S. The molecule has 0 spiro atoms. The zero-order valence-electron chi connectivity index (χ0n) is 23.8. The third kappa shape index (κ3) is 8.59. The predicted molar refractivity (Wildman–Crippen MR) is 163 cm³/mol. The van der Waals surface area contributed by atoms with Gasteiger partial charge in [0.05, 0.1) is 27.2 Å². The maximum absolute atomic E-state index is 13.9. The third-order valence-corrected chi connectivity index (χ3v) is 8.83. The second kappa shape index (κ2) is 14.7. The molecule has 8 nitrogen and oxygen atoms in total. The third-order valence-electron chi connectivity index (χ3n) is 6.30. The Kier molecular flexibility index (Phi) is 11.6. The van der Waals surface area contributed by atoms with Crippen LogP contribution in [-0.2, 0) is 26.2 Å². The summed E-state index contributed by atoms with van der Waals surface area (Å²) in [5.41, 5.74) is 0.661. The topological polar surface area (TPSA) is 96.0 Å². The molecule has 3 rings (SSSR count). The van der Waals surface area contributed by atoms with Gasteiger partial charge in [0.25, 0.3) is 10.0 Å². The Balaban J connectivity index is 2.02. The van der Waals surface area contributed by atoms with Crippen LogP contribution in [0.4, 0.5) is 10.1 Å². The highest BCUT2D eigenvalue weighted by Crippen LogP contribution is 2.27. The molecule has 0 heterocycles. The monoisotopic (exact) mass is 637 g/mol. The summed E-state index contributed by atoms with van der Waals surface area (Å²) in [7, 11) is -4.31. The molecule has 0 bridgehead atoms. The number of halogens is 3. The molecule has 42 heavy (non-hydrogen) atoms. The lowest BCUT2D eigenvalue weighted by molar-refractivity contribution is -0.139. The number of ether oxygens (including phenoxy) is 1. The second-order valence-electron chi connectivity index (χ2n) is 9.98. The van der Waals surface area contributed by atoms with Crippen LogP contribution in [-0.4, -0.2) is 50.9 Å². The number of anilines is 1. The molecule has 1 N–H and O–H groups in total. The molecule has 3 aromatic carbocycles. The molecule has 12 heteroatoms. The first kappa shape index (κ1) is 33.2. The number of hydrogen-bond donors (Lipinski definition) is 1. The summed E-state index contributed by atoms with van der Waals surface area (Å²) in [5, 5.41) is 3.41. The first-order valence-electron chi connectivity index (χ1n) is 13.4. The molecule has 0 saturated heterocycles. The average Bonchev–Trinajstić information content (AvgIpc) is 2.95. The van der Waals surface area contributed by atoms with Crippen LogP contribution in [0.25, 0.3) is 0 Å². The minimum atomic E-state index is -4.31. The molecule has 226 valence electrons. The van der Waals surface area contributed by atoms with Gasteiger partial charge in [0.1, 0.15) is 24.2 Å². The van der Waals surface area contributed by atoms with E-state index < -0.39 is 40.2 Å². The zero-order chi connectivity index (χ0) is 31.0. The molecule has 3 aromatic rings. The van der Waals surface area contributed by atoms with Gasteiger partial charge in [0.15, 0.2) is 0 Å². The van der Waals surface area contributed by atoms with E-state index in [1.807, 2.05) is 13.8 Å². The second-order valence-corrected chi connectivity index (χ2v) is 12.7. The van der Waals surface area contributed by atoms with E-state index in [1.54, 1.807) is 32.0 Å². The van der Waals surface area contributed by atoms with E-state index in [9.17, 15) is 22.4 Å². The number of sulfonamides is 1. The van der Waals surface area contributed by atoms with E-state index in [-0.39, 0.29) is 28.1 Å². The Bertz CT molecular complexity index is 1490. The molecule has 1 atom stereocenters. The van der Waals surface area contributed by atoms with E-state index in [2.05, 4.69) is 5.32 Å². The van der Waals surface area contributed by atoms with E-state index in [4.69, 9.17) is 27.9 Å². The van der Waals surface area contributed by atoms with Crippen LogP contribution in [0.1, 0.15) is 33.3 Å². The summed E-state index contributed by atoms with van der Waals surface area (Å²) in [4.78, 5) is 28.2. The number of nitrogens with one attached hydrogen (secondary N) is 1. The number of carbonyl (C=O) groups excluding carboxylic acids is 2. The number of nitrogens with zero attached hydrogens (tertiary/aromatic N) is 2. The minimum absolute atomic E-state index is 0.0493. The summed E-state index contributed by atoms with van der Waals surface area (Å²) >= 11 is 12.3. The number of rotatable bonds is 13. The van der Waals surface area contributed by atoms with Gasteiger partial charge in [-0.05, 0) is 86.0 Å². The van der Waals surface area contributed by atoms with Gasteiger partial charge in [-0.25, -0.2) is 12.8 Å². The summed E-state index contributed by atoms with van der Waals surface area (Å²) in [6.45, 7) is 7.34. The summed E-state index contributed by atoms with van der Waals surface area (Å²) in [6, 6.07) is 14.4. The smallest absolute Gasteiger partial charge is 0.264 e. The average molecular weight is 639 g/mol. The largest absolute Gasteiger partial charge is 0.494 e. The van der Waals surface area contributed by atoms with Crippen LogP contribution in [0.2, 0.25) is 10.0 Å². The van der Waals surface area contributed by atoms with Crippen molar-refractivity contribution < 1.29 is 27.1 Å². The van der Waals surface area contributed by atoms with Crippen molar-refractivity contribution in [2.45, 2.75) is 45.2 Å². The van der Waals surface area contributed by atoms with Crippen molar-refractivity contribution in [3.8, 4) is 5.75 Å². The fourth-order valence-corrected chi connectivity index (χ4v) is 5.74. The van der Waals surface area contributed by atoms with Crippen molar-refractivity contribution in [3.05, 3.63) is 88.2 Å². The highest BCUT2D eigenvalue weighted by Gasteiger charge is 2.32. The van der Waals surface area contributed by atoms with Gasteiger partial charge >= 0.3 is 0 Å². The Morgan fingerprint density at radius 1 is 0.952 bits per heavy atom. The van der Waals surface area contributed by atoms with Crippen molar-refractivity contribution in [2.24, 2.45) is 5.92 Å². The van der Waals surface area contributed by atoms with Gasteiger partial charge in [-0.1, -0.05) is 43.1 Å². The molecule has 0 fully saturated rings. The Hall–Kier alpha value is -3.34. The molecule has 0 aliphatic heterocycles. The van der Waals surface area contributed by atoms with Crippen LogP contribution in [0.5, 0.6) is 5.75 Å². The van der Waals surface area contributed by atoms with E-state index in [0.717, 1.165) is 16.4 Å². The van der Waals surface area contributed by atoms with Crippen LogP contribution in [0.15, 0.2) is 71.6 Å². The summed E-state index contributed by atoms with van der Waals surface area (Å²) in [6.07, 6.45) is 0. The van der Waals surface area contributed by atoms with Crippen molar-refractivity contribution >= 4 is 50.7 Å². The van der Waals surface area contributed by atoms with Crippen molar-refractivity contribution in [2.75, 3.05) is 24.0 Å². The Labute approximate surface area is 256 Å². The lowest BCUT2D eigenvalue weighted by atomic mass is 10.1. The molecule has 0 aromatic heterocycles. The summed E-state index contributed by atoms with van der Waals surface area (Å²) < 4.78 is 47.8. The highest BCUT2D eigenvalue weighted by molar-refractivity contribution is 7.92. The van der Waals surface area contributed by atoms with Gasteiger partial charge in [-0.2, -0.15) is 0 Å².